The Morgan fingerprint density at radius 3 is 2.44 bits per heavy atom. The third-order valence-electron chi connectivity index (χ3n) is 8.74. The molecule has 1 aromatic carbocycles. The predicted octanol–water partition coefficient (Wildman–Crippen LogP) is 1.04. The Bertz CT molecular complexity index is 1430. The summed E-state index contributed by atoms with van der Waals surface area (Å²) in [6, 6.07) is 0.325. The van der Waals surface area contributed by atoms with Crippen molar-refractivity contribution in [2.24, 2.45) is 17.6 Å². The number of likely N-dealkylation sites (N-methyl/N-ethyl adjacent to an activating group) is 1. The molecule has 2 amide bonds. The maximum atomic E-state index is 13.9. The SMILES string of the molecule is CN(C)[C@@H]1C(=O)C(C(N)=O)=C(O)[C@@]2(O)C(=O)C3=C(O)c4c(cc(Cl)c(NC(=O)CN5CCCCC5)c4O)CC3CC12. The first-order chi connectivity index (χ1) is 19.3. The molecule has 5 rings (SSSR count). The number of ketones is 2. The number of anilines is 1. The number of nitrogens with two attached hydrogens (primary N) is 1. The smallest absolute Gasteiger partial charge is 0.255 e. The number of benzene rings is 1. The number of carbonyl (C=O) groups is 4. The Labute approximate surface area is 241 Å². The highest BCUT2D eigenvalue weighted by molar-refractivity contribution is 6.34. The molecule has 3 aliphatic carbocycles. The van der Waals surface area contributed by atoms with Crippen LogP contribution in [0.2, 0.25) is 5.02 Å². The molecular weight excluding hydrogens is 556 g/mol. The molecule has 0 spiro atoms. The van der Waals surface area contributed by atoms with Crippen molar-refractivity contribution >= 4 is 46.4 Å². The van der Waals surface area contributed by atoms with Gasteiger partial charge in [0, 0.05) is 11.5 Å². The van der Waals surface area contributed by atoms with E-state index >= 15 is 0 Å². The van der Waals surface area contributed by atoms with Gasteiger partial charge >= 0.3 is 0 Å². The molecule has 0 aromatic heterocycles. The zero-order chi connectivity index (χ0) is 30.0. The van der Waals surface area contributed by atoms with Crippen LogP contribution >= 0.6 is 11.6 Å². The zero-order valence-corrected chi connectivity index (χ0v) is 23.5. The van der Waals surface area contributed by atoms with Crippen molar-refractivity contribution in [3.63, 3.8) is 0 Å². The number of halogens is 1. The van der Waals surface area contributed by atoms with Gasteiger partial charge in [0.1, 0.15) is 22.8 Å². The van der Waals surface area contributed by atoms with Crippen molar-refractivity contribution in [3.8, 4) is 5.75 Å². The van der Waals surface area contributed by atoms with Gasteiger partial charge in [0.25, 0.3) is 5.91 Å². The van der Waals surface area contributed by atoms with Gasteiger partial charge in [-0.1, -0.05) is 18.0 Å². The number of hydrogen-bond acceptors (Lipinski definition) is 10. The van der Waals surface area contributed by atoms with Gasteiger partial charge in [0.2, 0.25) is 11.7 Å². The van der Waals surface area contributed by atoms with E-state index in [4.69, 9.17) is 17.3 Å². The van der Waals surface area contributed by atoms with Crippen LogP contribution in [-0.4, -0.2) is 99.0 Å². The average Bonchev–Trinajstić information content (AvgIpc) is 2.88. The minimum atomic E-state index is -2.72. The van der Waals surface area contributed by atoms with Crippen molar-refractivity contribution in [2.75, 3.05) is 39.0 Å². The molecule has 1 saturated carbocycles. The molecule has 0 radical (unpaired) electrons. The molecule has 41 heavy (non-hydrogen) atoms. The summed E-state index contributed by atoms with van der Waals surface area (Å²) in [7, 11) is 3.07. The number of carbonyl (C=O) groups excluding carboxylic acids is 4. The fraction of sp³-hybridized carbons (Fsp3) is 0.500. The van der Waals surface area contributed by atoms with Crippen LogP contribution in [0.5, 0.6) is 5.75 Å². The number of piperidine rings is 1. The standard InChI is InChI=1S/C28H33ClN4O8/c1-32(2)21-14-9-12-8-13-10-15(29)20(31-16(34)11-33-6-4-3-5-7-33)23(36)17(13)22(35)18(12)25(38)28(14,41)26(39)19(24(21)37)27(30)40/h10,12,14,21,35-36,39,41H,3-9,11H2,1-2H3,(H2,30,40)(H,31,34)/t12?,14?,21-,28-/m0/s1. The highest BCUT2D eigenvalue weighted by Gasteiger charge is 2.64. The fourth-order valence-corrected chi connectivity index (χ4v) is 7.15. The van der Waals surface area contributed by atoms with Gasteiger partial charge < -0.3 is 31.5 Å². The van der Waals surface area contributed by atoms with Crippen LogP contribution in [0.1, 0.15) is 36.8 Å². The fourth-order valence-electron chi connectivity index (χ4n) is 6.88. The van der Waals surface area contributed by atoms with Gasteiger partial charge in [-0.05, 0) is 70.4 Å². The third kappa shape index (κ3) is 4.49. The van der Waals surface area contributed by atoms with E-state index in [1.165, 1.54) is 25.1 Å². The van der Waals surface area contributed by atoms with E-state index < -0.39 is 69.7 Å². The highest BCUT2D eigenvalue weighted by Crippen LogP contribution is 2.54. The summed E-state index contributed by atoms with van der Waals surface area (Å²) >= 11 is 6.46. The monoisotopic (exact) mass is 588 g/mol. The summed E-state index contributed by atoms with van der Waals surface area (Å²) in [6.07, 6.45) is 3.14. The number of nitrogens with one attached hydrogen (secondary N) is 1. The minimum Gasteiger partial charge on any atom is -0.508 e. The van der Waals surface area contributed by atoms with Crippen LogP contribution in [-0.2, 0) is 25.6 Å². The number of primary amides is 1. The van der Waals surface area contributed by atoms with E-state index in [0.29, 0.717) is 5.56 Å². The lowest BCUT2D eigenvalue weighted by Crippen LogP contribution is -2.65. The predicted molar refractivity (Wildman–Crippen MR) is 148 cm³/mol. The number of aliphatic hydroxyl groups excluding tert-OH is 2. The quantitative estimate of drug-likeness (QED) is 0.214. The Morgan fingerprint density at radius 2 is 1.83 bits per heavy atom. The number of aromatic hydroxyl groups is 1. The Morgan fingerprint density at radius 1 is 1.17 bits per heavy atom. The molecule has 12 nitrogen and oxygen atoms in total. The van der Waals surface area contributed by atoms with Crippen molar-refractivity contribution in [1.82, 2.24) is 9.80 Å². The first kappa shape index (κ1) is 29.1. The van der Waals surface area contributed by atoms with Crippen molar-refractivity contribution in [3.05, 3.63) is 39.1 Å². The second-order valence-electron chi connectivity index (χ2n) is 11.5. The van der Waals surface area contributed by atoms with Crippen LogP contribution in [0.15, 0.2) is 23.0 Å². The van der Waals surface area contributed by atoms with E-state index in [1.807, 2.05) is 4.90 Å². The van der Waals surface area contributed by atoms with E-state index in [-0.39, 0.29) is 41.2 Å². The lowest BCUT2D eigenvalue weighted by Gasteiger charge is -2.50. The van der Waals surface area contributed by atoms with Gasteiger partial charge in [-0.3, -0.25) is 29.0 Å². The molecule has 1 aromatic rings. The number of fused-ring (bicyclic) bond motifs is 3. The summed E-state index contributed by atoms with van der Waals surface area (Å²) in [4.78, 5) is 55.4. The second kappa shape index (κ2) is 10.4. The first-order valence-electron chi connectivity index (χ1n) is 13.5. The number of nitrogens with zero attached hydrogens (tertiary/aromatic N) is 2. The van der Waals surface area contributed by atoms with E-state index in [0.717, 1.165) is 32.4 Å². The molecule has 4 atom stereocenters. The van der Waals surface area contributed by atoms with Crippen LogP contribution in [0.25, 0.3) is 5.76 Å². The van der Waals surface area contributed by atoms with Crippen molar-refractivity contribution in [2.45, 2.75) is 43.7 Å². The molecular formula is C28H33ClN4O8. The van der Waals surface area contributed by atoms with Crippen molar-refractivity contribution < 1.29 is 39.6 Å². The molecule has 220 valence electrons. The number of phenols is 1. The number of rotatable bonds is 5. The maximum Gasteiger partial charge on any atom is 0.255 e. The number of hydrogen-bond donors (Lipinski definition) is 6. The second-order valence-corrected chi connectivity index (χ2v) is 11.9. The molecule has 7 N–H and O–H groups in total. The topological polar surface area (TPSA) is 194 Å². The molecule has 4 aliphatic rings. The lowest BCUT2D eigenvalue weighted by atomic mass is 9.57. The highest BCUT2D eigenvalue weighted by atomic mass is 35.5. The molecule has 2 unspecified atom stereocenters. The number of phenolic OH excluding ortho intramolecular Hbond substituents is 1. The van der Waals surface area contributed by atoms with Gasteiger partial charge in [0.15, 0.2) is 17.1 Å². The van der Waals surface area contributed by atoms with Crippen LogP contribution in [0.3, 0.4) is 0 Å². The summed E-state index contributed by atoms with van der Waals surface area (Å²) in [6.45, 7) is 1.64. The normalized spacial score (nSPS) is 28.4. The maximum absolute atomic E-state index is 13.9. The van der Waals surface area contributed by atoms with Gasteiger partial charge in [-0.25, -0.2) is 0 Å². The summed E-state index contributed by atoms with van der Waals surface area (Å²) in [5, 5.41) is 47.8. The number of aliphatic hydroxyl groups is 3. The van der Waals surface area contributed by atoms with E-state index in [2.05, 4.69) is 5.32 Å². The molecule has 1 saturated heterocycles. The zero-order valence-electron chi connectivity index (χ0n) is 22.7. The largest absolute Gasteiger partial charge is 0.508 e. The Balaban J connectivity index is 1.57. The number of likely N-dealkylation sites (tertiary alicyclic amines) is 1. The van der Waals surface area contributed by atoms with Crippen LogP contribution < -0.4 is 11.1 Å². The van der Waals surface area contributed by atoms with Crippen LogP contribution in [0, 0.1) is 11.8 Å². The average molecular weight is 589 g/mol. The molecule has 2 fully saturated rings. The Hall–Kier alpha value is -3.45. The van der Waals surface area contributed by atoms with Gasteiger partial charge in [-0.2, -0.15) is 0 Å². The summed E-state index contributed by atoms with van der Waals surface area (Å²) < 4.78 is 0. The molecule has 0 bridgehead atoms. The Kier molecular flexibility index (Phi) is 7.39. The molecule has 1 aliphatic heterocycles. The first-order valence-corrected chi connectivity index (χ1v) is 13.9. The van der Waals surface area contributed by atoms with Gasteiger partial charge in [-0.15, -0.1) is 0 Å². The van der Waals surface area contributed by atoms with E-state index in [1.54, 1.807) is 0 Å². The summed E-state index contributed by atoms with van der Waals surface area (Å²) in [5.74, 6) is -7.87. The number of Topliss-reactive ketones (excluding diaryl/α,β-unsaturated/α-hetero) is 2. The third-order valence-corrected chi connectivity index (χ3v) is 9.04. The minimum absolute atomic E-state index is 0.0293. The van der Waals surface area contributed by atoms with Gasteiger partial charge in [0.05, 0.1) is 23.2 Å². The molecule has 13 heteroatoms. The van der Waals surface area contributed by atoms with E-state index in [9.17, 15) is 39.6 Å². The van der Waals surface area contributed by atoms with Crippen molar-refractivity contribution in [1.29, 1.82) is 0 Å². The number of amides is 2. The summed E-state index contributed by atoms with van der Waals surface area (Å²) in [5.41, 5.74) is 1.59. The van der Waals surface area contributed by atoms with Crippen LogP contribution in [0.4, 0.5) is 5.69 Å². The lowest BCUT2D eigenvalue weighted by molar-refractivity contribution is -0.153. The molecule has 1 heterocycles.